The van der Waals surface area contributed by atoms with E-state index in [2.05, 4.69) is 11.2 Å². The van der Waals surface area contributed by atoms with Crippen molar-refractivity contribution in [1.82, 2.24) is 0 Å². The van der Waals surface area contributed by atoms with Crippen LogP contribution in [0.1, 0.15) is 12.5 Å². The minimum absolute atomic E-state index is 0.0101. The molecule has 5 heteroatoms. The lowest BCUT2D eigenvalue weighted by molar-refractivity contribution is -0.112. The van der Waals surface area contributed by atoms with Crippen molar-refractivity contribution in [2.75, 3.05) is 18.5 Å². The lowest BCUT2D eigenvalue weighted by Crippen LogP contribution is -2.13. The molecule has 5 nitrogen and oxygen atoms in total. The van der Waals surface area contributed by atoms with E-state index in [9.17, 15) is 10.1 Å². The summed E-state index contributed by atoms with van der Waals surface area (Å²) < 4.78 is 10.7. The van der Waals surface area contributed by atoms with Gasteiger partial charge >= 0.3 is 0 Å². The number of hydrogen-bond donors (Lipinski definition) is 1. The molecule has 0 aliphatic heterocycles. The molecule has 0 aliphatic rings. The lowest BCUT2D eigenvalue weighted by atomic mass is 10.1. The van der Waals surface area contributed by atoms with Crippen molar-refractivity contribution in [1.29, 1.82) is 5.26 Å². The van der Waals surface area contributed by atoms with Crippen LogP contribution < -0.4 is 14.8 Å². The molecule has 0 radical (unpaired) electrons. The van der Waals surface area contributed by atoms with Crippen molar-refractivity contribution in [3.8, 4) is 29.9 Å². The zero-order chi connectivity index (χ0) is 18.8. The molecule has 0 spiro atoms. The summed E-state index contributed by atoms with van der Waals surface area (Å²) in [5.74, 6) is 3.16. The number of nitrogens with zero attached hydrogens (tertiary/aromatic N) is 1. The van der Waals surface area contributed by atoms with Crippen LogP contribution in [0.25, 0.3) is 6.08 Å². The Morgan fingerprint density at radius 3 is 2.62 bits per heavy atom. The number of rotatable bonds is 7. The maximum Gasteiger partial charge on any atom is 0.266 e. The third-order valence-electron chi connectivity index (χ3n) is 3.28. The summed E-state index contributed by atoms with van der Waals surface area (Å²) in [5.41, 5.74) is 1.25. The summed E-state index contributed by atoms with van der Waals surface area (Å²) in [6.45, 7) is 2.59. The minimum Gasteiger partial charge on any atom is -0.494 e. The molecule has 130 valence electrons. The van der Waals surface area contributed by atoms with E-state index in [1.54, 1.807) is 48.5 Å². The van der Waals surface area contributed by atoms with Gasteiger partial charge in [-0.05, 0) is 42.8 Å². The topological polar surface area (TPSA) is 71.3 Å². The average Bonchev–Trinajstić information content (AvgIpc) is 2.66. The molecule has 1 amide bonds. The Labute approximate surface area is 152 Å². The number of benzene rings is 2. The average molecular weight is 346 g/mol. The third-order valence-corrected chi connectivity index (χ3v) is 3.28. The highest BCUT2D eigenvalue weighted by Crippen LogP contribution is 2.19. The van der Waals surface area contributed by atoms with Gasteiger partial charge < -0.3 is 14.8 Å². The van der Waals surface area contributed by atoms with Crippen LogP contribution >= 0.6 is 0 Å². The van der Waals surface area contributed by atoms with E-state index in [0.29, 0.717) is 29.4 Å². The van der Waals surface area contributed by atoms with Crippen molar-refractivity contribution in [2.45, 2.75) is 6.92 Å². The predicted octanol–water partition coefficient (Wildman–Crippen LogP) is 3.64. The number of carbonyl (C=O) groups excluding carboxylic acids is 1. The number of nitriles is 1. The number of carbonyl (C=O) groups is 1. The van der Waals surface area contributed by atoms with Gasteiger partial charge in [0.05, 0.1) is 6.61 Å². The Morgan fingerprint density at radius 1 is 1.19 bits per heavy atom. The van der Waals surface area contributed by atoms with Crippen LogP contribution in [0.2, 0.25) is 0 Å². The van der Waals surface area contributed by atoms with Gasteiger partial charge in [-0.1, -0.05) is 24.1 Å². The Balaban J connectivity index is 2.10. The van der Waals surface area contributed by atoms with Gasteiger partial charge in [0.15, 0.2) is 0 Å². The molecule has 0 saturated heterocycles. The minimum atomic E-state index is -0.492. The number of terminal acetylenes is 1. The second-order valence-corrected chi connectivity index (χ2v) is 5.15. The third kappa shape index (κ3) is 5.43. The van der Waals surface area contributed by atoms with E-state index in [1.165, 1.54) is 6.08 Å². The summed E-state index contributed by atoms with van der Waals surface area (Å²) in [5, 5.41) is 12.0. The zero-order valence-corrected chi connectivity index (χ0v) is 14.4. The van der Waals surface area contributed by atoms with Crippen molar-refractivity contribution < 1.29 is 14.3 Å². The Morgan fingerprint density at radius 2 is 1.96 bits per heavy atom. The first-order chi connectivity index (χ1) is 12.7. The summed E-state index contributed by atoms with van der Waals surface area (Å²) in [7, 11) is 0. The second kappa shape index (κ2) is 9.56. The van der Waals surface area contributed by atoms with Gasteiger partial charge in [0, 0.05) is 11.8 Å². The molecule has 0 atom stereocenters. The highest BCUT2D eigenvalue weighted by atomic mass is 16.5. The van der Waals surface area contributed by atoms with Crippen LogP contribution in [-0.2, 0) is 4.79 Å². The van der Waals surface area contributed by atoms with Gasteiger partial charge in [0.2, 0.25) is 0 Å². The maximum absolute atomic E-state index is 12.3. The predicted molar refractivity (Wildman–Crippen MR) is 101 cm³/mol. The molecule has 2 aromatic carbocycles. The molecule has 0 heterocycles. The molecule has 0 aromatic heterocycles. The van der Waals surface area contributed by atoms with Crippen molar-refractivity contribution in [2.24, 2.45) is 0 Å². The smallest absolute Gasteiger partial charge is 0.266 e. The van der Waals surface area contributed by atoms with Gasteiger partial charge in [-0.2, -0.15) is 5.26 Å². The van der Waals surface area contributed by atoms with Gasteiger partial charge in [-0.25, -0.2) is 0 Å². The fourth-order valence-electron chi connectivity index (χ4n) is 2.13. The first-order valence-electron chi connectivity index (χ1n) is 7.98. The molecule has 0 saturated carbocycles. The lowest BCUT2D eigenvalue weighted by Gasteiger charge is -2.07. The SMILES string of the molecule is C#CCOc1ccc(/C=C(/C#N)C(=O)Nc2cccc(OCC)c2)cc1. The normalized spacial score (nSPS) is 10.3. The molecule has 0 bridgehead atoms. The standard InChI is InChI=1S/C21H18N2O3/c1-3-12-26-19-10-8-16(9-11-19)13-17(15-22)21(24)23-18-6-5-7-20(14-18)25-4-2/h1,5-11,13-14H,4,12H2,2H3,(H,23,24)/b17-13-. The number of nitrogens with one attached hydrogen (secondary N) is 1. The summed E-state index contributed by atoms with van der Waals surface area (Å²) in [6.07, 6.45) is 6.65. The van der Waals surface area contributed by atoms with E-state index in [-0.39, 0.29) is 12.2 Å². The fraction of sp³-hybridized carbons (Fsp3) is 0.143. The maximum atomic E-state index is 12.3. The fourth-order valence-corrected chi connectivity index (χ4v) is 2.13. The van der Waals surface area contributed by atoms with Gasteiger partial charge in [0.25, 0.3) is 5.91 Å². The molecular weight excluding hydrogens is 328 g/mol. The molecule has 2 rings (SSSR count). The molecule has 0 fully saturated rings. The first-order valence-corrected chi connectivity index (χ1v) is 7.98. The van der Waals surface area contributed by atoms with Crippen LogP contribution in [0.15, 0.2) is 54.1 Å². The molecule has 0 unspecified atom stereocenters. The van der Waals surface area contributed by atoms with E-state index in [0.717, 1.165) is 0 Å². The monoisotopic (exact) mass is 346 g/mol. The molecule has 2 aromatic rings. The Hall–Kier alpha value is -3.70. The van der Waals surface area contributed by atoms with E-state index < -0.39 is 5.91 Å². The van der Waals surface area contributed by atoms with Crippen molar-refractivity contribution in [3.05, 3.63) is 59.7 Å². The van der Waals surface area contributed by atoms with Crippen LogP contribution in [-0.4, -0.2) is 19.1 Å². The van der Waals surface area contributed by atoms with E-state index in [1.807, 2.05) is 13.0 Å². The number of ether oxygens (including phenoxy) is 2. The van der Waals surface area contributed by atoms with Gasteiger partial charge in [-0.3, -0.25) is 4.79 Å². The highest BCUT2D eigenvalue weighted by Gasteiger charge is 2.10. The Bertz CT molecular complexity index is 871. The molecule has 0 aliphatic carbocycles. The number of amides is 1. The van der Waals surface area contributed by atoms with E-state index >= 15 is 0 Å². The van der Waals surface area contributed by atoms with E-state index in [4.69, 9.17) is 15.9 Å². The van der Waals surface area contributed by atoms with Crippen LogP contribution in [0.4, 0.5) is 5.69 Å². The largest absolute Gasteiger partial charge is 0.494 e. The van der Waals surface area contributed by atoms with Crippen molar-refractivity contribution in [3.63, 3.8) is 0 Å². The summed E-state index contributed by atoms with van der Waals surface area (Å²) in [6, 6.07) is 15.8. The van der Waals surface area contributed by atoms with Crippen LogP contribution in [0.3, 0.4) is 0 Å². The highest BCUT2D eigenvalue weighted by molar-refractivity contribution is 6.09. The molecular formula is C21H18N2O3. The number of hydrogen-bond acceptors (Lipinski definition) is 4. The van der Waals surface area contributed by atoms with Crippen LogP contribution in [0.5, 0.6) is 11.5 Å². The molecule has 26 heavy (non-hydrogen) atoms. The first kappa shape index (κ1) is 18.6. The Kier molecular flexibility index (Phi) is 6.85. The van der Waals surface area contributed by atoms with Gasteiger partial charge in [-0.15, -0.1) is 6.42 Å². The summed E-state index contributed by atoms with van der Waals surface area (Å²) in [4.78, 5) is 12.3. The van der Waals surface area contributed by atoms with Crippen molar-refractivity contribution >= 4 is 17.7 Å². The number of anilines is 1. The molecule has 1 N–H and O–H groups in total. The van der Waals surface area contributed by atoms with Gasteiger partial charge in [0.1, 0.15) is 29.7 Å². The quantitative estimate of drug-likeness (QED) is 0.472. The summed E-state index contributed by atoms with van der Waals surface area (Å²) >= 11 is 0. The van der Waals surface area contributed by atoms with Crippen LogP contribution in [0, 0.1) is 23.7 Å². The zero-order valence-electron chi connectivity index (χ0n) is 14.4. The second-order valence-electron chi connectivity index (χ2n) is 5.15.